The van der Waals surface area contributed by atoms with Crippen molar-refractivity contribution in [2.45, 2.75) is 31.8 Å². The van der Waals surface area contributed by atoms with Gasteiger partial charge in [0.1, 0.15) is 30.3 Å². The molecule has 2 atom stereocenters. The summed E-state index contributed by atoms with van der Waals surface area (Å²) in [6.07, 6.45) is 1.42. The Labute approximate surface area is 168 Å². The number of carboxylic acid groups (broad SMARTS) is 1. The topological polar surface area (TPSA) is 131 Å². The number of carbonyl (C=O) groups excluding carboxylic acids is 3. The Kier molecular flexibility index (Phi) is 5.66. The largest absolute Gasteiger partial charge is 0.477 e. The van der Waals surface area contributed by atoms with Gasteiger partial charge >= 0.3 is 11.9 Å². The smallest absolute Gasteiger partial charge is 0.352 e. The van der Waals surface area contributed by atoms with Crippen molar-refractivity contribution in [3.05, 3.63) is 28.2 Å². The van der Waals surface area contributed by atoms with Crippen LogP contribution in [-0.4, -0.2) is 67.3 Å². The zero-order valence-corrected chi connectivity index (χ0v) is 16.5. The number of amides is 2. The Bertz CT molecular complexity index is 898. The highest BCUT2D eigenvalue weighted by Gasteiger charge is 2.54. The Balaban J connectivity index is 1.69. The Hall–Kier alpha value is -2.53. The number of fused-ring (bicyclic) bond motifs is 1. The van der Waals surface area contributed by atoms with Crippen LogP contribution in [0.15, 0.2) is 17.5 Å². The van der Waals surface area contributed by atoms with Gasteiger partial charge in [0.15, 0.2) is 0 Å². The summed E-state index contributed by atoms with van der Waals surface area (Å²) in [7, 11) is 0. The maximum absolute atomic E-state index is 12.5. The fourth-order valence-corrected chi connectivity index (χ4v) is 4.39. The molecule has 0 aromatic carbocycles. The van der Waals surface area contributed by atoms with Gasteiger partial charge in [-0.1, -0.05) is 11.6 Å². The lowest BCUT2D eigenvalue weighted by molar-refractivity contribution is -0.151. The highest BCUT2D eigenvalue weighted by atomic mass is 35.5. The van der Waals surface area contributed by atoms with Crippen molar-refractivity contribution in [1.82, 2.24) is 20.0 Å². The van der Waals surface area contributed by atoms with Gasteiger partial charge in [-0.15, -0.1) is 11.8 Å². The third kappa shape index (κ3) is 3.72. The third-order valence-corrected chi connectivity index (χ3v) is 6.06. The van der Waals surface area contributed by atoms with E-state index in [4.69, 9.17) is 16.3 Å². The van der Waals surface area contributed by atoms with Crippen molar-refractivity contribution in [3.8, 4) is 0 Å². The molecule has 3 rings (SSSR count). The van der Waals surface area contributed by atoms with E-state index in [0.29, 0.717) is 16.3 Å². The highest BCUT2D eigenvalue weighted by molar-refractivity contribution is 8.00. The molecule has 1 saturated heterocycles. The number of carbonyl (C=O) groups is 4. The van der Waals surface area contributed by atoms with E-state index in [2.05, 4.69) is 10.4 Å². The summed E-state index contributed by atoms with van der Waals surface area (Å²) in [6, 6.07) is -0.839. The average molecular weight is 429 g/mol. The minimum Gasteiger partial charge on any atom is -0.477 e. The van der Waals surface area contributed by atoms with Gasteiger partial charge in [-0.2, -0.15) is 5.10 Å². The van der Waals surface area contributed by atoms with E-state index in [1.165, 1.54) is 29.6 Å². The van der Waals surface area contributed by atoms with Gasteiger partial charge in [0, 0.05) is 18.2 Å². The normalized spacial score (nSPS) is 21.1. The summed E-state index contributed by atoms with van der Waals surface area (Å²) in [4.78, 5) is 48.5. The molecule has 150 valence electrons. The molecule has 0 unspecified atom stereocenters. The number of rotatable bonds is 6. The van der Waals surface area contributed by atoms with Gasteiger partial charge in [0.25, 0.3) is 5.91 Å². The van der Waals surface area contributed by atoms with Crippen LogP contribution >= 0.6 is 23.4 Å². The molecule has 0 aliphatic carbocycles. The molecule has 10 nitrogen and oxygen atoms in total. The highest BCUT2D eigenvalue weighted by Crippen LogP contribution is 2.40. The molecule has 1 aromatic heterocycles. The minimum atomic E-state index is -1.28. The molecule has 3 heterocycles. The van der Waals surface area contributed by atoms with Crippen LogP contribution in [0.3, 0.4) is 0 Å². The number of nitrogens with zero attached hydrogens (tertiary/aromatic N) is 3. The standard InChI is InChI=1S/C16H17ClN4O6S/c1-7-10(17)3-18-20(7)4-11(23)19-12-14(24)21-13(16(25)26)9(5-27-8(2)22)6-28-15(12)21/h3,12,15H,4-6H2,1-2H3,(H,19,23)(H,25,26)/t12-,15+/m0/s1. The SMILES string of the molecule is CC(=O)OCC1=C(C(=O)O)N2C(=O)[C@H](NC(=O)Cn3ncc(Cl)c3C)[C@H]2SC1. The van der Waals surface area contributed by atoms with Crippen molar-refractivity contribution in [2.75, 3.05) is 12.4 Å². The number of halogens is 1. The summed E-state index contributed by atoms with van der Waals surface area (Å²) in [5.74, 6) is -2.53. The Morgan fingerprint density at radius 3 is 2.75 bits per heavy atom. The lowest BCUT2D eigenvalue weighted by atomic mass is 10.0. The van der Waals surface area contributed by atoms with Crippen molar-refractivity contribution >= 4 is 47.1 Å². The minimum absolute atomic E-state index is 0.112. The number of esters is 1. The van der Waals surface area contributed by atoms with Crippen LogP contribution in [0.4, 0.5) is 0 Å². The van der Waals surface area contributed by atoms with E-state index in [1.807, 2.05) is 0 Å². The molecule has 12 heteroatoms. The second kappa shape index (κ2) is 7.84. The molecule has 1 aromatic rings. The van der Waals surface area contributed by atoms with Crippen molar-refractivity contribution in [1.29, 1.82) is 0 Å². The molecule has 1 fully saturated rings. The van der Waals surface area contributed by atoms with Crippen LogP contribution in [0.25, 0.3) is 0 Å². The van der Waals surface area contributed by atoms with E-state index < -0.39 is 35.2 Å². The van der Waals surface area contributed by atoms with Crippen molar-refractivity contribution in [2.24, 2.45) is 0 Å². The zero-order chi connectivity index (χ0) is 20.6. The molecule has 2 N–H and O–H groups in total. The predicted molar refractivity (Wildman–Crippen MR) is 98.3 cm³/mol. The molecule has 0 bridgehead atoms. The van der Waals surface area contributed by atoms with Crippen LogP contribution in [0.1, 0.15) is 12.6 Å². The second-order valence-corrected chi connectivity index (χ2v) is 7.74. The fraction of sp³-hybridized carbons (Fsp3) is 0.438. The number of nitrogens with one attached hydrogen (secondary N) is 1. The fourth-order valence-electron chi connectivity index (χ4n) is 2.92. The molecule has 28 heavy (non-hydrogen) atoms. The van der Waals surface area contributed by atoms with Gasteiger partial charge in [0.2, 0.25) is 5.91 Å². The van der Waals surface area contributed by atoms with Crippen LogP contribution in [0, 0.1) is 6.92 Å². The molecule has 2 amide bonds. The van der Waals surface area contributed by atoms with Crippen LogP contribution in [0.2, 0.25) is 5.02 Å². The Morgan fingerprint density at radius 1 is 1.46 bits per heavy atom. The summed E-state index contributed by atoms with van der Waals surface area (Å²) in [5, 5.41) is 16.0. The monoisotopic (exact) mass is 428 g/mol. The van der Waals surface area contributed by atoms with Gasteiger partial charge in [0.05, 0.1) is 16.9 Å². The first-order chi connectivity index (χ1) is 13.2. The molecule has 0 saturated carbocycles. The quantitative estimate of drug-likeness (QED) is 0.483. The van der Waals surface area contributed by atoms with E-state index in [1.54, 1.807) is 6.92 Å². The average Bonchev–Trinajstić information content (AvgIpc) is 2.95. The molecule has 0 radical (unpaired) electrons. The first-order valence-corrected chi connectivity index (χ1v) is 9.64. The van der Waals surface area contributed by atoms with E-state index >= 15 is 0 Å². The number of hydrogen-bond donors (Lipinski definition) is 2. The number of carboxylic acids is 1. The van der Waals surface area contributed by atoms with Crippen LogP contribution in [-0.2, 0) is 30.5 Å². The summed E-state index contributed by atoms with van der Waals surface area (Å²) >= 11 is 7.20. The number of ether oxygens (including phenoxy) is 1. The number of thioether (sulfide) groups is 1. The predicted octanol–water partition coefficient (Wildman–Crippen LogP) is 0.147. The van der Waals surface area contributed by atoms with E-state index in [0.717, 1.165) is 4.90 Å². The Morgan fingerprint density at radius 2 is 2.18 bits per heavy atom. The van der Waals surface area contributed by atoms with Gasteiger partial charge < -0.3 is 15.2 Å². The van der Waals surface area contributed by atoms with Crippen LogP contribution in [0.5, 0.6) is 0 Å². The van der Waals surface area contributed by atoms with Gasteiger partial charge in [-0.25, -0.2) is 4.79 Å². The first-order valence-electron chi connectivity index (χ1n) is 8.21. The molecular weight excluding hydrogens is 412 g/mol. The van der Waals surface area contributed by atoms with Crippen molar-refractivity contribution < 1.29 is 29.0 Å². The lowest BCUT2D eigenvalue weighted by Gasteiger charge is -2.49. The number of hydrogen-bond acceptors (Lipinski definition) is 7. The third-order valence-electron chi connectivity index (χ3n) is 4.35. The second-order valence-electron chi connectivity index (χ2n) is 6.23. The van der Waals surface area contributed by atoms with Gasteiger partial charge in [-0.3, -0.25) is 24.0 Å². The molecule has 2 aliphatic rings. The molecule has 2 aliphatic heterocycles. The van der Waals surface area contributed by atoms with Gasteiger partial charge in [-0.05, 0) is 6.92 Å². The summed E-state index contributed by atoms with van der Waals surface area (Å²) < 4.78 is 6.28. The molecular formula is C16H17ClN4O6S. The van der Waals surface area contributed by atoms with E-state index in [9.17, 15) is 24.3 Å². The zero-order valence-electron chi connectivity index (χ0n) is 15.0. The summed E-state index contributed by atoms with van der Waals surface area (Å²) in [5.41, 5.74) is 0.760. The number of aromatic nitrogens is 2. The van der Waals surface area contributed by atoms with Crippen LogP contribution < -0.4 is 5.32 Å². The maximum atomic E-state index is 12.5. The van der Waals surface area contributed by atoms with Crippen molar-refractivity contribution in [3.63, 3.8) is 0 Å². The number of β-lactam (4-membered cyclic amide) rings is 1. The molecule has 0 spiro atoms. The lowest BCUT2D eigenvalue weighted by Crippen LogP contribution is -2.70. The number of aliphatic carboxylic acids is 1. The summed E-state index contributed by atoms with van der Waals surface area (Å²) in [6.45, 7) is 2.62. The maximum Gasteiger partial charge on any atom is 0.352 e. The first kappa shape index (κ1) is 20.2. The van der Waals surface area contributed by atoms with E-state index in [-0.39, 0.29) is 24.6 Å².